The molecule has 1 fully saturated rings. The van der Waals surface area contributed by atoms with Gasteiger partial charge in [0.15, 0.2) is 5.13 Å². The first kappa shape index (κ1) is 16.0. The van der Waals surface area contributed by atoms with E-state index in [0.717, 1.165) is 43.3 Å². The topological polar surface area (TPSA) is 57.7 Å². The zero-order valence-electron chi connectivity index (χ0n) is 13.0. The lowest BCUT2D eigenvalue weighted by molar-refractivity contribution is 0.0950. The lowest BCUT2D eigenvalue weighted by Crippen LogP contribution is -2.44. The van der Waals surface area contributed by atoms with Gasteiger partial charge in [-0.05, 0) is 19.8 Å². The molecule has 7 heteroatoms. The Balaban J connectivity index is 1.72. The molecule has 0 aliphatic carbocycles. The Morgan fingerprint density at radius 2 is 2.24 bits per heavy atom. The molecule has 2 heterocycles. The Labute approximate surface area is 130 Å². The zero-order valence-corrected chi connectivity index (χ0v) is 13.8. The number of likely N-dealkylation sites (tertiary alicyclic amines) is 1. The molecule has 0 radical (unpaired) electrons. The van der Waals surface area contributed by atoms with Crippen molar-refractivity contribution in [3.05, 3.63) is 11.1 Å². The smallest absolute Gasteiger partial charge is 0.409 e. The average Bonchev–Trinajstić information content (AvgIpc) is 2.95. The van der Waals surface area contributed by atoms with Crippen LogP contribution in [0.4, 0.5) is 9.93 Å². The lowest BCUT2D eigenvalue weighted by Gasteiger charge is -2.31. The first-order valence-electron chi connectivity index (χ1n) is 7.37. The van der Waals surface area contributed by atoms with Gasteiger partial charge in [-0.1, -0.05) is 0 Å². The van der Waals surface area contributed by atoms with Crippen molar-refractivity contribution in [2.45, 2.75) is 32.4 Å². The Bertz CT molecular complexity index is 456. The Morgan fingerprint density at radius 1 is 1.52 bits per heavy atom. The molecule has 6 nitrogen and oxygen atoms in total. The highest BCUT2D eigenvalue weighted by Gasteiger charge is 2.23. The van der Waals surface area contributed by atoms with Crippen LogP contribution in [0.15, 0.2) is 5.38 Å². The minimum absolute atomic E-state index is 0.189. The van der Waals surface area contributed by atoms with Crippen molar-refractivity contribution in [2.75, 3.05) is 38.7 Å². The zero-order chi connectivity index (χ0) is 15.2. The van der Waals surface area contributed by atoms with E-state index in [0.29, 0.717) is 12.6 Å². The van der Waals surface area contributed by atoms with Gasteiger partial charge in [0, 0.05) is 45.2 Å². The van der Waals surface area contributed by atoms with E-state index < -0.39 is 0 Å². The molecule has 1 aliphatic heterocycles. The Morgan fingerprint density at radius 3 is 2.81 bits per heavy atom. The second kappa shape index (κ2) is 7.61. The number of rotatable bonds is 5. The Kier molecular flexibility index (Phi) is 5.81. The fraction of sp³-hybridized carbons (Fsp3) is 0.714. The third-order valence-corrected chi connectivity index (χ3v) is 4.57. The third kappa shape index (κ3) is 4.57. The molecule has 1 saturated heterocycles. The molecule has 0 bridgehead atoms. The summed E-state index contributed by atoms with van der Waals surface area (Å²) >= 11 is 1.66. The maximum absolute atomic E-state index is 11.6. The monoisotopic (exact) mass is 312 g/mol. The maximum atomic E-state index is 11.6. The summed E-state index contributed by atoms with van der Waals surface area (Å²) in [5.41, 5.74) is 1.08. The van der Waals surface area contributed by atoms with Gasteiger partial charge >= 0.3 is 6.09 Å². The van der Waals surface area contributed by atoms with Gasteiger partial charge in [0.05, 0.1) is 12.3 Å². The van der Waals surface area contributed by atoms with Gasteiger partial charge in [-0.15, -0.1) is 11.3 Å². The number of piperidine rings is 1. The fourth-order valence-corrected chi connectivity index (χ4v) is 3.07. The number of amides is 1. The quantitative estimate of drug-likeness (QED) is 0.900. The molecule has 1 N–H and O–H groups in total. The van der Waals surface area contributed by atoms with E-state index in [2.05, 4.69) is 15.7 Å². The number of carbonyl (C=O) groups excluding carboxylic acids is 1. The first-order valence-corrected chi connectivity index (χ1v) is 8.25. The number of nitrogens with one attached hydrogen (secondary N) is 1. The van der Waals surface area contributed by atoms with E-state index in [4.69, 9.17) is 4.74 Å². The molecular weight excluding hydrogens is 288 g/mol. The van der Waals surface area contributed by atoms with Crippen LogP contribution >= 0.6 is 11.3 Å². The van der Waals surface area contributed by atoms with Gasteiger partial charge in [-0.3, -0.25) is 0 Å². The van der Waals surface area contributed by atoms with Crippen molar-refractivity contribution < 1.29 is 9.53 Å². The number of carbonyl (C=O) groups is 1. The summed E-state index contributed by atoms with van der Waals surface area (Å²) in [7, 11) is 4.00. The number of hydrogen-bond acceptors (Lipinski definition) is 6. The van der Waals surface area contributed by atoms with Gasteiger partial charge in [-0.2, -0.15) is 0 Å². The number of anilines is 1. The van der Waals surface area contributed by atoms with Crippen molar-refractivity contribution in [2.24, 2.45) is 0 Å². The Hall–Kier alpha value is -1.34. The molecule has 0 spiro atoms. The summed E-state index contributed by atoms with van der Waals surface area (Å²) in [6, 6.07) is 0.445. The predicted molar refractivity (Wildman–Crippen MR) is 84.9 cm³/mol. The van der Waals surface area contributed by atoms with E-state index in [1.54, 1.807) is 16.2 Å². The van der Waals surface area contributed by atoms with Crippen LogP contribution in [0.3, 0.4) is 0 Å². The van der Waals surface area contributed by atoms with Gasteiger partial charge in [0.1, 0.15) is 0 Å². The summed E-state index contributed by atoms with van der Waals surface area (Å²) in [6.07, 6.45) is 1.73. The van der Waals surface area contributed by atoms with Crippen LogP contribution in [-0.4, -0.2) is 55.8 Å². The molecule has 2 rings (SSSR count). The number of hydrogen-bond donors (Lipinski definition) is 1. The summed E-state index contributed by atoms with van der Waals surface area (Å²) in [5, 5.41) is 6.65. The van der Waals surface area contributed by atoms with Crippen molar-refractivity contribution in [1.82, 2.24) is 15.2 Å². The van der Waals surface area contributed by atoms with Gasteiger partial charge in [0.2, 0.25) is 0 Å². The highest BCUT2D eigenvalue weighted by Crippen LogP contribution is 2.18. The standard InChI is InChI=1S/C14H24N4O2S/c1-4-20-14(19)18-7-5-11(6-8-18)15-9-12-10-21-13(16-12)17(2)3/h10-11,15H,4-9H2,1-3H3. The molecular formula is C14H24N4O2S. The molecule has 0 unspecified atom stereocenters. The van der Waals surface area contributed by atoms with Crippen LogP contribution in [0.2, 0.25) is 0 Å². The predicted octanol–water partition coefficient (Wildman–Crippen LogP) is 1.92. The van der Waals surface area contributed by atoms with Crippen LogP contribution in [0.25, 0.3) is 0 Å². The number of nitrogens with zero attached hydrogens (tertiary/aromatic N) is 3. The van der Waals surface area contributed by atoms with E-state index in [1.165, 1.54) is 0 Å². The van der Waals surface area contributed by atoms with Gasteiger partial charge < -0.3 is 19.9 Å². The van der Waals surface area contributed by atoms with E-state index in [1.807, 2.05) is 25.9 Å². The molecule has 0 atom stereocenters. The highest BCUT2D eigenvalue weighted by molar-refractivity contribution is 7.13. The third-order valence-electron chi connectivity index (χ3n) is 3.52. The molecule has 1 aromatic heterocycles. The largest absolute Gasteiger partial charge is 0.450 e. The number of thiazole rings is 1. The van der Waals surface area contributed by atoms with Crippen LogP contribution in [-0.2, 0) is 11.3 Å². The molecule has 0 saturated carbocycles. The SMILES string of the molecule is CCOC(=O)N1CCC(NCc2csc(N(C)C)n2)CC1. The van der Waals surface area contributed by atoms with Crippen molar-refractivity contribution in [3.8, 4) is 0 Å². The van der Waals surface area contributed by atoms with Gasteiger partial charge in [-0.25, -0.2) is 9.78 Å². The summed E-state index contributed by atoms with van der Waals surface area (Å²) in [6.45, 7) is 4.58. The average molecular weight is 312 g/mol. The molecule has 1 amide bonds. The molecule has 118 valence electrons. The number of aromatic nitrogens is 1. The lowest BCUT2D eigenvalue weighted by atomic mass is 10.1. The second-order valence-electron chi connectivity index (χ2n) is 5.36. The fourth-order valence-electron chi connectivity index (χ4n) is 2.31. The minimum atomic E-state index is -0.189. The molecule has 0 aromatic carbocycles. The number of ether oxygens (including phenoxy) is 1. The van der Waals surface area contributed by atoms with Crippen molar-refractivity contribution >= 4 is 22.6 Å². The van der Waals surface area contributed by atoms with Crippen LogP contribution < -0.4 is 10.2 Å². The van der Waals surface area contributed by atoms with Crippen LogP contribution in [0.5, 0.6) is 0 Å². The highest BCUT2D eigenvalue weighted by atomic mass is 32.1. The minimum Gasteiger partial charge on any atom is -0.450 e. The summed E-state index contributed by atoms with van der Waals surface area (Å²) < 4.78 is 5.02. The normalized spacial score (nSPS) is 16.0. The van der Waals surface area contributed by atoms with Crippen molar-refractivity contribution in [1.29, 1.82) is 0 Å². The summed E-state index contributed by atoms with van der Waals surface area (Å²) in [5.74, 6) is 0. The van der Waals surface area contributed by atoms with Crippen LogP contribution in [0.1, 0.15) is 25.5 Å². The second-order valence-corrected chi connectivity index (χ2v) is 6.19. The van der Waals surface area contributed by atoms with E-state index in [-0.39, 0.29) is 6.09 Å². The molecule has 21 heavy (non-hydrogen) atoms. The van der Waals surface area contributed by atoms with Crippen molar-refractivity contribution in [3.63, 3.8) is 0 Å². The molecule has 1 aromatic rings. The van der Waals surface area contributed by atoms with Gasteiger partial charge in [0.25, 0.3) is 0 Å². The summed E-state index contributed by atoms with van der Waals surface area (Å²) in [4.78, 5) is 20.0. The maximum Gasteiger partial charge on any atom is 0.409 e. The van der Waals surface area contributed by atoms with E-state index in [9.17, 15) is 4.79 Å². The first-order chi connectivity index (χ1) is 10.1. The van der Waals surface area contributed by atoms with Crippen LogP contribution in [0, 0.1) is 0 Å². The molecule has 1 aliphatic rings. The van der Waals surface area contributed by atoms with E-state index >= 15 is 0 Å².